The molecule has 2 aromatic carbocycles. The van der Waals surface area contributed by atoms with Gasteiger partial charge in [-0.15, -0.1) is 10.2 Å². The molecule has 1 aliphatic heterocycles. The van der Waals surface area contributed by atoms with Gasteiger partial charge >= 0.3 is 0 Å². The second-order valence-electron chi connectivity index (χ2n) is 5.72. The Morgan fingerprint density at radius 2 is 2.04 bits per heavy atom. The second-order valence-corrected chi connectivity index (χ2v) is 8.73. The number of halogens is 2. The summed E-state index contributed by atoms with van der Waals surface area (Å²) in [7, 11) is 0. The number of hydrogen-bond acceptors (Lipinski definition) is 7. The molecule has 1 aromatic heterocycles. The average Bonchev–Trinajstić information content (AvgIpc) is 2.80. The predicted molar refractivity (Wildman–Crippen MR) is 112 cm³/mol. The van der Waals surface area contributed by atoms with Crippen LogP contribution in [-0.4, -0.2) is 26.0 Å². The number of aromatic hydroxyl groups is 1. The Balaban J connectivity index is 1.85. The first-order valence-electron chi connectivity index (χ1n) is 8.14. The van der Waals surface area contributed by atoms with Crippen molar-refractivity contribution in [3.8, 4) is 22.9 Å². The highest BCUT2D eigenvalue weighted by Crippen LogP contribution is 2.41. The topological polar surface area (TPSA) is 80.2 Å². The number of benzene rings is 2. The van der Waals surface area contributed by atoms with Crippen LogP contribution in [0.3, 0.4) is 0 Å². The van der Waals surface area contributed by atoms with Crippen molar-refractivity contribution in [1.82, 2.24) is 15.2 Å². The van der Waals surface area contributed by atoms with Crippen LogP contribution in [0.1, 0.15) is 18.7 Å². The number of fused-ring (bicyclic) bond motifs is 3. The van der Waals surface area contributed by atoms with Gasteiger partial charge < -0.3 is 15.2 Å². The molecule has 3 aromatic rings. The number of phenols is 1. The van der Waals surface area contributed by atoms with Gasteiger partial charge in [0.25, 0.3) is 0 Å². The summed E-state index contributed by atoms with van der Waals surface area (Å²) in [5, 5.41) is 22.3. The number of thioether (sulfide) groups is 1. The third-order valence-electron chi connectivity index (χ3n) is 3.94. The standard InChI is InChI=1S/C18H14Br2N4O2S/c1-2-27-18-22-17-15(23-24-18)11-8-10(19)4-5-13(11)21-16(26-17)9-3-6-14(25)12(20)7-9/h3-8,16,21,25H,2H2,1H3. The average molecular weight is 510 g/mol. The van der Waals surface area contributed by atoms with Crippen molar-refractivity contribution in [2.45, 2.75) is 18.3 Å². The van der Waals surface area contributed by atoms with E-state index in [0.29, 0.717) is 21.2 Å². The number of phenolic OH excluding ortho intramolecular Hbond substituents is 1. The van der Waals surface area contributed by atoms with Crippen LogP contribution >= 0.6 is 43.6 Å². The number of aromatic nitrogens is 3. The zero-order valence-corrected chi connectivity index (χ0v) is 18.1. The number of nitrogens with one attached hydrogen (secondary N) is 1. The van der Waals surface area contributed by atoms with Crippen molar-refractivity contribution in [1.29, 1.82) is 0 Å². The molecule has 27 heavy (non-hydrogen) atoms. The van der Waals surface area contributed by atoms with Gasteiger partial charge in [0, 0.05) is 21.3 Å². The summed E-state index contributed by atoms with van der Waals surface area (Å²) in [6.45, 7) is 2.03. The number of ether oxygens (including phenoxy) is 1. The van der Waals surface area contributed by atoms with Gasteiger partial charge in [-0.05, 0) is 58.1 Å². The quantitative estimate of drug-likeness (QED) is 0.458. The Morgan fingerprint density at radius 1 is 1.19 bits per heavy atom. The summed E-state index contributed by atoms with van der Waals surface area (Å²) >= 11 is 8.37. The lowest BCUT2D eigenvalue weighted by molar-refractivity contribution is 0.225. The van der Waals surface area contributed by atoms with Gasteiger partial charge in [0.05, 0.1) is 4.47 Å². The summed E-state index contributed by atoms with van der Waals surface area (Å²) in [5.41, 5.74) is 3.13. The molecule has 1 atom stereocenters. The third kappa shape index (κ3) is 3.76. The van der Waals surface area contributed by atoms with Gasteiger partial charge in [-0.25, -0.2) is 0 Å². The van der Waals surface area contributed by atoms with Crippen molar-refractivity contribution in [3.05, 3.63) is 50.9 Å². The molecular formula is C18H14Br2N4O2S. The Bertz CT molecular complexity index is 1020. The fourth-order valence-corrected chi connectivity index (χ4v) is 3.96. The molecule has 0 radical (unpaired) electrons. The van der Waals surface area contributed by atoms with Crippen molar-refractivity contribution in [2.24, 2.45) is 0 Å². The van der Waals surface area contributed by atoms with Gasteiger partial charge in [-0.1, -0.05) is 34.6 Å². The number of nitrogens with zero attached hydrogens (tertiary/aromatic N) is 3. The van der Waals surface area contributed by atoms with Gasteiger partial charge in [-0.2, -0.15) is 4.98 Å². The monoisotopic (exact) mass is 508 g/mol. The molecule has 4 rings (SSSR count). The van der Waals surface area contributed by atoms with Crippen molar-refractivity contribution < 1.29 is 9.84 Å². The summed E-state index contributed by atoms with van der Waals surface area (Å²) in [5.74, 6) is 1.43. The normalized spacial score (nSPS) is 15.1. The van der Waals surface area contributed by atoms with Crippen molar-refractivity contribution >= 4 is 49.3 Å². The maximum Gasteiger partial charge on any atom is 0.247 e. The minimum Gasteiger partial charge on any atom is -0.507 e. The molecular weight excluding hydrogens is 496 g/mol. The molecule has 0 aliphatic carbocycles. The Kier molecular flexibility index (Phi) is 5.25. The van der Waals surface area contributed by atoms with Crippen LogP contribution in [0.15, 0.2) is 50.5 Å². The zero-order chi connectivity index (χ0) is 19.0. The van der Waals surface area contributed by atoms with E-state index < -0.39 is 6.23 Å². The molecule has 0 spiro atoms. The van der Waals surface area contributed by atoms with Crippen molar-refractivity contribution in [3.63, 3.8) is 0 Å². The molecule has 0 fully saturated rings. The molecule has 138 valence electrons. The first kappa shape index (κ1) is 18.5. The highest BCUT2D eigenvalue weighted by molar-refractivity contribution is 9.10. The predicted octanol–water partition coefficient (Wildman–Crippen LogP) is 5.38. The molecule has 2 heterocycles. The molecule has 0 bridgehead atoms. The molecule has 0 amide bonds. The van der Waals surface area contributed by atoms with Crippen LogP contribution in [0.2, 0.25) is 0 Å². The fourth-order valence-electron chi connectivity index (χ4n) is 2.70. The SMILES string of the molecule is CCSc1nnc2c(n1)OC(c1ccc(O)c(Br)c1)Nc1ccc(Br)cc1-2. The van der Waals surface area contributed by atoms with Crippen LogP contribution in [0, 0.1) is 0 Å². The van der Waals surface area contributed by atoms with E-state index in [1.165, 1.54) is 11.8 Å². The molecule has 2 N–H and O–H groups in total. The van der Waals surface area contributed by atoms with E-state index in [1.54, 1.807) is 12.1 Å². The Hall–Kier alpha value is -1.84. The van der Waals surface area contributed by atoms with Gasteiger partial charge in [-0.3, -0.25) is 0 Å². The second kappa shape index (κ2) is 7.65. The fraction of sp³-hybridized carbons (Fsp3) is 0.167. The smallest absolute Gasteiger partial charge is 0.247 e. The molecule has 1 aliphatic rings. The number of rotatable bonds is 3. The van der Waals surface area contributed by atoms with Crippen LogP contribution in [0.4, 0.5) is 5.69 Å². The zero-order valence-electron chi connectivity index (χ0n) is 14.1. The van der Waals surface area contributed by atoms with Gasteiger partial charge in [0.1, 0.15) is 5.75 Å². The van der Waals surface area contributed by atoms with E-state index in [0.717, 1.165) is 27.0 Å². The van der Waals surface area contributed by atoms with E-state index in [9.17, 15) is 5.11 Å². The lowest BCUT2D eigenvalue weighted by Gasteiger charge is -2.19. The Morgan fingerprint density at radius 3 is 2.81 bits per heavy atom. The lowest BCUT2D eigenvalue weighted by atomic mass is 10.1. The van der Waals surface area contributed by atoms with Crippen LogP contribution in [0.25, 0.3) is 11.3 Å². The summed E-state index contributed by atoms with van der Waals surface area (Å²) in [4.78, 5) is 4.56. The molecule has 6 nitrogen and oxygen atoms in total. The van der Waals surface area contributed by atoms with E-state index in [1.807, 2.05) is 31.2 Å². The number of hydrogen-bond donors (Lipinski definition) is 2. The van der Waals surface area contributed by atoms with Gasteiger partial charge in [0.2, 0.25) is 11.0 Å². The van der Waals surface area contributed by atoms with E-state index in [2.05, 4.69) is 52.4 Å². The van der Waals surface area contributed by atoms with Gasteiger partial charge in [0.15, 0.2) is 11.9 Å². The molecule has 1 unspecified atom stereocenters. The minimum absolute atomic E-state index is 0.169. The van der Waals surface area contributed by atoms with Crippen LogP contribution in [0.5, 0.6) is 11.6 Å². The Labute approximate surface area is 177 Å². The molecule has 0 saturated heterocycles. The van der Waals surface area contributed by atoms with E-state index in [-0.39, 0.29) is 5.75 Å². The summed E-state index contributed by atoms with van der Waals surface area (Å²) in [6, 6.07) is 11.1. The highest BCUT2D eigenvalue weighted by atomic mass is 79.9. The third-order valence-corrected chi connectivity index (χ3v) is 5.78. The first-order valence-corrected chi connectivity index (χ1v) is 10.7. The van der Waals surface area contributed by atoms with Crippen molar-refractivity contribution in [2.75, 3.05) is 11.1 Å². The van der Waals surface area contributed by atoms with E-state index >= 15 is 0 Å². The highest BCUT2D eigenvalue weighted by Gasteiger charge is 2.26. The molecule has 0 saturated carbocycles. The summed E-state index contributed by atoms with van der Waals surface area (Å²) < 4.78 is 7.71. The van der Waals surface area contributed by atoms with Crippen LogP contribution in [-0.2, 0) is 0 Å². The first-order chi connectivity index (χ1) is 13.0. The maximum absolute atomic E-state index is 9.79. The lowest BCUT2D eigenvalue weighted by Crippen LogP contribution is -2.17. The van der Waals surface area contributed by atoms with E-state index in [4.69, 9.17) is 4.74 Å². The largest absolute Gasteiger partial charge is 0.507 e. The number of anilines is 1. The minimum atomic E-state index is -0.501. The summed E-state index contributed by atoms with van der Waals surface area (Å²) in [6.07, 6.45) is -0.501. The maximum atomic E-state index is 9.79. The molecule has 9 heteroatoms. The van der Waals surface area contributed by atoms with Crippen LogP contribution < -0.4 is 10.1 Å².